The minimum atomic E-state index is -1.04. The van der Waals surface area contributed by atoms with Crippen LogP contribution >= 0.6 is 0 Å². The Morgan fingerprint density at radius 1 is 1.22 bits per heavy atom. The molecular weight excluding hydrogens is 304 g/mol. The number of ether oxygens (including phenoxy) is 5. The summed E-state index contributed by atoms with van der Waals surface area (Å²) in [6, 6.07) is 0. The van der Waals surface area contributed by atoms with E-state index in [0.717, 1.165) is 12.8 Å². The van der Waals surface area contributed by atoms with Crippen molar-refractivity contribution in [3.8, 4) is 0 Å². The van der Waals surface area contributed by atoms with Crippen LogP contribution in [-0.2, 0) is 33.3 Å². The average molecular weight is 324 g/mol. The van der Waals surface area contributed by atoms with E-state index in [1.165, 1.54) is 0 Å². The normalized spacial score (nSPS) is 43.8. The van der Waals surface area contributed by atoms with Crippen molar-refractivity contribution in [1.29, 1.82) is 0 Å². The number of rotatable bonds is 2. The smallest absolute Gasteiger partial charge is 0.350 e. The highest BCUT2D eigenvalue weighted by molar-refractivity contribution is 5.83. The average Bonchev–Trinajstić information content (AvgIpc) is 3.08. The van der Waals surface area contributed by atoms with Crippen molar-refractivity contribution in [2.75, 3.05) is 0 Å². The quantitative estimate of drug-likeness (QED) is 0.555. The molecule has 0 saturated carbocycles. The Morgan fingerprint density at radius 2 is 2.04 bits per heavy atom. The third-order valence-corrected chi connectivity index (χ3v) is 4.66. The molecule has 0 aromatic heterocycles. The van der Waals surface area contributed by atoms with Gasteiger partial charge in [0.05, 0.1) is 5.92 Å². The van der Waals surface area contributed by atoms with E-state index >= 15 is 0 Å². The van der Waals surface area contributed by atoms with E-state index in [-0.39, 0.29) is 11.9 Å². The minimum absolute atomic E-state index is 0.209. The third-order valence-electron chi connectivity index (χ3n) is 4.66. The predicted molar refractivity (Wildman–Crippen MR) is 74.9 cm³/mol. The van der Waals surface area contributed by atoms with Crippen molar-refractivity contribution in [1.82, 2.24) is 0 Å². The van der Waals surface area contributed by atoms with Crippen molar-refractivity contribution < 1.29 is 33.3 Å². The lowest BCUT2D eigenvalue weighted by molar-refractivity contribution is -0.217. The molecule has 6 atom stereocenters. The van der Waals surface area contributed by atoms with Gasteiger partial charge < -0.3 is 23.7 Å². The maximum absolute atomic E-state index is 12.3. The molecular formula is C16H20O7. The molecule has 4 rings (SSSR count). The van der Waals surface area contributed by atoms with Gasteiger partial charge >= 0.3 is 11.9 Å². The summed E-state index contributed by atoms with van der Waals surface area (Å²) < 4.78 is 27.8. The van der Waals surface area contributed by atoms with Crippen LogP contribution < -0.4 is 0 Å². The van der Waals surface area contributed by atoms with E-state index in [1.54, 1.807) is 13.8 Å². The molecule has 0 N–H and O–H groups in total. The van der Waals surface area contributed by atoms with Crippen molar-refractivity contribution in [2.45, 2.75) is 69.6 Å². The number of esters is 2. The fourth-order valence-corrected chi connectivity index (χ4v) is 3.56. The van der Waals surface area contributed by atoms with Crippen LogP contribution in [0.5, 0.6) is 0 Å². The highest BCUT2D eigenvalue weighted by atomic mass is 16.8. The van der Waals surface area contributed by atoms with Crippen molar-refractivity contribution in [3.63, 3.8) is 0 Å². The number of allylic oxidation sites excluding steroid dienone is 2. The summed E-state index contributed by atoms with van der Waals surface area (Å²) in [6.07, 6.45) is 2.82. The summed E-state index contributed by atoms with van der Waals surface area (Å²) in [6.45, 7) is 3.54. The van der Waals surface area contributed by atoms with E-state index in [2.05, 4.69) is 0 Å². The lowest BCUT2D eigenvalue weighted by Gasteiger charge is -2.23. The maximum Gasteiger partial charge on any atom is 0.350 e. The Morgan fingerprint density at radius 3 is 2.78 bits per heavy atom. The first-order chi connectivity index (χ1) is 10.9. The Balaban J connectivity index is 1.44. The molecule has 0 spiro atoms. The van der Waals surface area contributed by atoms with Gasteiger partial charge in [0.2, 0.25) is 6.10 Å². The Bertz CT molecular complexity index is 555. The Labute approximate surface area is 133 Å². The van der Waals surface area contributed by atoms with Crippen LogP contribution in [-0.4, -0.2) is 48.4 Å². The van der Waals surface area contributed by atoms with Crippen LogP contribution in [0.25, 0.3) is 0 Å². The molecule has 7 heteroatoms. The molecule has 0 bridgehead atoms. The maximum atomic E-state index is 12.3. The molecule has 6 unspecified atom stereocenters. The lowest BCUT2D eigenvalue weighted by atomic mass is 9.94. The molecule has 0 aromatic rings. The second kappa shape index (κ2) is 5.29. The Kier molecular flexibility index (Phi) is 3.48. The van der Waals surface area contributed by atoms with Crippen LogP contribution in [0.4, 0.5) is 0 Å². The third kappa shape index (κ3) is 2.56. The molecule has 3 aliphatic heterocycles. The van der Waals surface area contributed by atoms with Gasteiger partial charge in [0.15, 0.2) is 24.3 Å². The molecule has 126 valence electrons. The van der Waals surface area contributed by atoms with Crippen LogP contribution in [0, 0.1) is 5.92 Å². The summed E-state index contributed by atoms with van der Waals surface area (Å²) in [7, 11) is 0. The van der Waals surface area contributed by atoms with Gasteiger partial charge in [0.1, 0.15) is 6.10 Å². The number of hydrogen-bond donors (Lipinski definition) is 0. The van der Waals surface area contributed by atoms with Crippen LogP contribution in [0.1, 0.15) is 33.1 Å². The van der Waals surface area contributed by atoms with Crippen molar-refractivity contribution in [3.05, 3.63) is 12.2 Å². The summed E-state index contributed by atoms with van der Waals surface area (Å²) in [5, 5.41) is 0. The lowest BCUT2D eigenvalue weighted by Crippen LogP contribution is -2.38. The van der Waals surface area contributed by atoms with Gasteiger partial charge in [-0.15, -0.1) is 0 Å². The molecule has 4 aliphatic rings. The highest BCUT2D eigenvalue weighted by Gasteiger charge is 2.64. The molecule has 3 heterocycles. The fourth-order valence-electron chi connectivity index (χ4n) is 3.56. The fraction of sp³-hybridized carbons (Fsp3) is 0.750. The topological polar surface area (TPSA) is 80.3 Å². The number of carbonyl (C=O) groups excluding carboxylic acids is 2. The van der Waals surface area contributed by atoms with Crippen LogP contribution in [0.3, 0.4) is 0 Å². The van der Waals surface area contributed by atoms with Gasteiger partial charge in [-0.05, 0) is 33.1 Å². The molecule has 3 fully saturated rings. The zero-order valence-electron chi connectivity index (χ0n) is 13.1. The van der Waals surface area contributed by atoms with Crippen LogP contribution in [0.2, 0.25) is 0 Å². The molecule has 1 aliphatic carbocycles. The van der Waals surface area contributed by atoms with Gasteiger partial charge in [-0.1, -0.05) is 12.2 Å². The van der Waals surface area contributed by atoms with Gasteiger partial charge in [0.25, 0.3) is 0 Å². The SMILES string of the molecule is CC1(C)OC2OC3C(OC(=O)C4CC=CCC4)C(=O)OC3C2O1. The van der Waals surface area contributed by atoms with E-state index in [9.17, 15) is 9.59 Å². The zero-order chi connectivity index (χ0) is 16.2. The summed E-state index contributed by atoms with van der Waals surface area (Å²) in [5.41, 5.74) is 0. The zero-order valence-corrected chi connectivity index (χ0v) is 13.1. The second-order valence-electron chi connectivity index (χ2n) is 6.81. The molecule has 0 radical (unpaired) electrons. The largest absolute Gasteiger partial charge is 0.454 e. The standard InChI is InChI=1S/C16H20O7/c1-16(2)22-12-10-9(21-15(12)23-16)11(14(18)19-10)20-13(17)8-6-4-3-5-7-8/h3-4,8-12,15H,5-7H2,1-2H3. The second-order valence-corrected chi connectivity index (χ2v) is 6.81. The number of fused-ring (bicyclic) bond motifs is 3. The first kappa shape index (κ1) is 15.1. The summed E-state index contributed by atoms with van der Waals surface area (Å²) >= 11 is 0. The molecule has 0 aromatic carbocycles. The van der Waals surface area contributed by atoms with Gasteiger partial charge in [-0.3, -0.25) is 4.79 Å². The molecule has 3 saturated heterocycles. The molecule has 7 nitrogen and oxygen atoms in total. The van der Waals surface area contributed by atoms with E-state index in [1.807, 2.05) is 12.2 Å². The summed E-state index contributed by atoms with van der Waals surface area (Å²) in [4.78, 5) is 24.3. The number of carbonyl (C=O) groups is 2. The van der Waals surface area contributed by atoms with Crippen molar-refractivity contribution in [2.24, 2.45) is 5.92 Å². The Hall–Kier alpha value is -1.44. The summed E-state index contributed by atoms with van der Waals surface area (Å²) in [5.74, 6) is -1.94. The van der Waals surface area contributed by atoms with E-state index in [0.29, 0.717) is 6.42 Å². The van der Waals surface area contributed by atoms with Crippen molar-refractivity contribution >= 4 is 11.9 Å². The molecule has 0 amide bonds. The first-order valence-corrected chi connectivity index (χ1v) is 8.02. The van der Waals surface area contributed by atoms with Gasteiger partial charge in [-0.2, -0.15) is 0 Å². The van der Waals surface area contributed by atoms with Crippen LogP contribution in [0.15, 0.2) is 12.2 Å². The van der Waals surface area contributed by atoms with Gasteiger partial charge in [-0.25, -0.2) is 4.79 Å². The van der Waals surface area contributed by atoms with E-state index in [4.69, 9.17) is 23.7 Å². The van der Waals surface area contributed by atoms with Gasteiger partial charge in [0, 0.05) is 0 Å². The number of hydrogen-bond acceptors (Lipinski definition) is 7. The van der Waals surface area contributed by atoms with E-state index < -0.39 is 42.5 Å². The highest BCUT2D eigenvalue weighted by Crippen LogP contribution is 2.43. The minimum Gasteiger partial charge on any atom is -0.454 e. The monoisotopic (exact) mass is 324 g/mol. The first-order valence-electron chi connectivity index (χ1n) is 8.02. The predicted octanol–water partition coefficient (Wildman–Crippen LogP) is 1.06. The molecule has 23 heavy (non-hydrogen) atoms.